The van der Waals surface area contributed by atoms with E-state index in [0.717, 1.165) is 4.68 Å². The van der Waals surface area contributed by atoms with Crippen LogP contribution in [-0.4, -0.2) is 26.6 Å². The number of carbonyl (C=O) groups excluding carboxylic acids is 2. The first-order valence-corrected chi connectivity index (χ1v) is 4.13. The molecular formula is C8H9F2N3O2. The molecule has 0 bridgehead atoms. The lowest BCUT2D eigenvalue weighted by atomic mass is 10.1. The van der Waals surface area contributed by atoms with Crippen molar-refractivity contribution in [1.29, 1.82) is 0 Å². The van der Waals surface area contributed by atoms with Crippen molar-refractivity contribution in [2.24, 2.45) is 7.05 Å². The Kier molecular flexibility index (Phi) is 3.23. The zero-order valence-electron chi connectivity index (χ0n) is 8.20. The van der Waals surface area contributed by atoms with Gasteiger partial charge in [-0.1, -0.05) is 5.21 Å². The van der Waals surface area contributed by atoms with Gasteiger partial charge in [-0.25, -0.2) is 13.5 Å². The summed E-state index contributed by atoms with van der Waals surface area (Å²) in [5.74, 6) is -1.13. The van der Waals surface area contributed by atoms with E-state index < -0.39 is 35.8 Å². The number of hydrogen-bond donors (Lipinski definition) is 0. The first-order valence-electron chi connectivity index (χ1n) is 4.13. The fourth-order valence-electron chi connectivity index (χ4n) is 1.12. The zero-order chi connectivity index (χ0) is 11.6. The van der Waals surface area contributed by atoms with E-state index in [1.165, 1.54) is 14.0 Å². The summed E-state index contributed by atoms with van der Waals surface area (Å²) in [5, 5.41) is 6.64. The summed E-state index contributed by atoms with van der Waals surface area (Å²) in [6, 6.07) is 0. The monoisotopic (exact) mass is 217 g/mol. The second-order valence-corrected chi connectivity index (χ2v) is 3.05. The molecule has 0 fully saturated rings. The van der Waals surface area contributed by atoms with Crippen LogP contribution in [0.2, 0.25) is 0 Å². The van der Waals surface area contributed by atoms with Crippen molar-refractivity contribution in [2.45, 2.75) is 19.8 Å². The molecule has 0 aliphatic heterocycles. The average Bonchev–Trinajstić information content (AvgIpc) is 2.45. The Morgan fingerprint density at radius 2 is 2.07 bits per heavy atom. The highest BCUT2D eigenvalue weighted by Crippen LogP contribution is 2.21. The normalized spacial score (nSPS) is 10.7. The molecule has 0 saturated carbocycles. The van der Waals surface area contributed by atoms with Crippen molar-refractivity contribution in [3.8, 4) is 0 Å². The quantitative estimate of drug-likeness (QED) is 0.555. The van der Waals surface area contributed by atoms with Crippen LogP contribution in [0.5, 0.6) is 0 Å². The fourth-order valence-corrected chi connectivity index (χ4v) is 1.12. The maximum absolute atomic E-state index is 12.5. The van der Waals surface area contributed by atoms with E-state index >= 15 is 0 Å². The summed E-state index contributed by atoms with van der Waals surface area (Å²) in [6.07, 6.45) is -3.27. The van der Waals surface area contributed by atoms with Gasteiger partial charge in [-0.2, -0.15) is 0 Å². The highest BCUT2D eigenvalue weighted by atomic mass is 19.3. The third-order valence-electron chi connectivity index (χ3n) is 1.75. The van der Waals surface area contributed by atoms with Gasteiger partial charge < -0.3 is 0 Å². The van der Waals surface area contributed by atoms with Crippen LogP contribution in [0.1, 0.15) is 36.0 Å². The minimum absolute atomic E-state index is 0.397. The van der Waals surface area contributed by atoms with Gasteiger partial charge in [-0.3, -0.25) is 9.59 Å². The van der Waals surface area contributed by atoms with Gasteiger partial charge in [0.15, 0.2) is 11.5 Å². The van der Waals surface area contributed by atoms with E-state index in [1.54, 1.807) is 0 Å². The number of alkyl halides is 2. The molecule has 0 spiro atoms. The molecule has 1 aromatic rings. The van der Waals surface area contributed by atoms with Gasteiger partial charge >= 0.3 is 0 Å². The molecule has 0 aromatic carbocycles. The van der Waals surface area contributed by atoms with E-state index in [4.69, 9.17) is 0 Å². The molecule has 0 saturated heterocycles. The molecule has 0 N–H and O–H groups in total. The molecule has 1 aromatic heterocycles. The molecule has 0 atom stereocenters. The second kappa shape index (κ2) is 4.24. The van der Waals surface area contributed by atoms with Crippen molar-refractivity contribution in [1.82, 2.24) is 15.0 Å². The van der Waals surface area contributed by atoms with Gasteiger partial charge in [0.25, 0.3) is 6.43 Å². The first kappa shape index (κ1) is 11.4. The Bertz CT molecular complexity index is 401. The van der Waals surface area contributed by atoms with Crippen molar-refractivity contribution in [2.75, 3.05) is 0 Å². The van der Waals surface area contributed by atoms with E-state index in [1.807, 2.05) is 0 Å². The van der Waals surface area contributed by atoms with E-state index in [2.05, 4.69) is 10.3 Å². The van der Waals surface area contributed by atoms with Gasteiger partial charge in [-0.05, 0) is 6.92 Å². The minimum Gasteiger partial charge on any atom is -0.300 e. The van der Waals surface area contributed by atoms with Crippen molar-refractivity contribution >= 4 is 11.6 Å². The molecule has 0 amide bonds. The molecule has 5 nitrogen and oxygen atoms in total. The van der Waals surface area contributed by atoms with E-state index in [9.17, 15) is 18.4 Å². The number of nitrogens with zero attached hydrogens (tertiary/aromatic N) is 3. The number of aryl methyl sites for hydroxylation is 1. The van der Waals surface area contributed by atoms with Gasteiger partial charge in [0.1, 0.15) is 11.5 Å². The number of rotatable bonds is 4. The molecule has 0 aliphatic carbocycles. The predicted octanol–water partition coefficient (Wildman–Crippen LogP) is 0.914. The summed E-state index contributed by atoms with van der Waals surface area (Å²) in [4.78, 5) is 22.0. The molecule has 1 heterocycles. The highest BCUT2D eigenvalue weighted by Gasteiger charge is 2.25. The van der Waals surface area contributed by atoms with Crippen LogP contribution in [0.4, 0.5) is 8.78 Å². The van der Waals surface area contributed by atoms with Crippen molar-refractivity contribution in [3.63, 3.8) is 0 Å². The number of ketones is 2. The Balaban J connectivity index is 3.04. The third kappa shape index (κ3) is 2.42. The molecule has 0 aliphatic rings. The Morgan fingerprint density at radius 3 is 2.53 bits per heavy atom. The summed E-state index contributed by atoms with van der Waals surface area (Å²) in [6.45, 7) is 1.20. The predicted molar refractivity (Wildman–Crippen MR) is 45.6 cm³/mol. The first-order chi connectivity index (χ1) is 6.93. The number of Topliss-reactive ketones (excluding diaryl/α,β-unsaturated/α-hetero) is 2. The van der Waals surface area contributed by atoms with Crippen LogP contribution >= 0.6 is 0 Å². The Morgan fingerprint density at radius 1 is 1.47 bits per heavy atom. The van der Waals surface area contributed by atoms with Gasteiger partial charge in [-0.15, -0.1) is 5.10 Å². The molecule has 15 heavy (non-hydrogen) atoms. The largest absolute Gasteiger partial charge is 0.300 e. The molecule has 82 valence electrons. The van der Waals surface area contributed by atoms with Crippen LogP contribution in [0.3, 0.4) is 0 Å². The highest BCUT2D eigenvalue weighted by molar-refractivity contribution is 6.06. The molecule has 0 unspecified atom stereocenters. The van der Waals surface area contributed by atoms with Crippen LogP contribution in [-0.2, 0) is 11.8 Å². The van der Waals surface area contributed by atoms with Gasteiger partial charge in [0.2, 0.25) is 0 Å². The second-order valence-electron chi connectivity index (χ2n) is 3.05. The van der Waals surface area contributed by atoms with Crippen LogP contribution in [0, 0.1) is 0 Å². The van der Waals surface area contributed by atoms with Crippen molar-refractivity contribution < 1.29 is 18.4 Å². The van der Waals surface area contributed by atoms with Crippen LogP contribution in [0.15, 0.2) is 0 Å². The standard InChI is InChI=1S/C8H9F2N3O2/c1-4(14)3-5(15)6-7(8(9)10)13(2)12-11-6/h8H,3H2,1-2H3. The summed E-state index contributed by atoms with van der Waals surface area (Å²) in [5.41, 5.74) is -0.982. The number of carbonyl (C=O) groups is 2. The average molecular weight is 217 g/mol. The van der Waals surface area contributed by atoms with E-state index in [-0.39, 0.29) is 0 Å². The number of halogens is 2. The molecule has 1 rings (SSSR count). The number of aromatic nitrogens is 3. The lowest BCUT2D eigenvalue weighted by Gasteiger charge is -2.00. The van der Waals surface area contributed by atoms with Gasteiger partial charge in [0.05, 0.1) is 6.42 Å². The van der Waals surface area contributed by atoms with Gasteiger partial charge in [0, 0.05) is 7.05 Å². The SMILES string of the molecule is CC(=O)CC(=O)c1nnn(C)c1C(F)F. The number of hydrogen-bond acceptors (Lipinski definition) is 4. The molecule has 0 radical (unpaired) electrons. The topological polar surface area (TPSA) is 64.8 Å². The summed E-state index contributed by atoms with van der Waals surface area (Å²) >= 11 is 0. The third-order valence-corrected chi connectivity index (χ3v) is 1.75. The van der Waals surface area contributed by atoms with E-state index in [0.29, 0.717) is 0 Å². The minimum atomic E-state index is -2.84. The zero-order valence-corrected chi connectivity index (χ0v) is 8.20. The fraction of sp³-hybridized carbons (Fsp3) is 0.500. The maximum atomic E-state index is 12.5. The lowest BCUT2D eigenvalue weighted by Crippen LogP contribution is -2.09. The smallest absolute Gasteiger partial charge is 0.282 e. The molecule has 7 heteroatoms. The maximum Gasteiger partial charge on any atom is 0.282 e. The van der Waals surface area contributed by atoms with Crippen molar-refractivity contribution in [3.05, 3.63) is 11.4 Å². The Hall–Kier alpha value is -1.66. The summed E-state index contributed by atoms with van der Waals surface area (Å²) in [7, 11) is 1.26. The lowest BCUT2D eigenvalue weighted by molar-refractivity contribution is -0.116. The molecular weight excluding hydrogens is 208 g/mol. The Labute approximate surface area is 84.1 Å². The summed E-state index contributed by atoms with van der Waals surface area (Å²) < 4.78 is 25.8. The van der Waals surface area contributed by atoms with Crippen LogP contribution < -0.4 is 0 Å². The van der Waals surface area contributed by atoms with Crippen LogP contribution in [0.25, 0.3) is 0 Å².